The Hall–Kier alpha value is -0.720. The van der Waals surface area contributed by atoms with Crippen LogP contribution in [0.1, 0.15) is 0 Å². The first-order valence-electron chi connectivity index (χ1n) is 4.59. The molecule has 1 aromatic heterocycles. The van der Waals surface area contributed by atoms with Gasteiger partial charge in [0.1, 0.15) is 5.15 Å². The minimum Gasteiger partial charge on any atom is -0.315 e. The zero-order chi connectivity index (χ0) is 10.7. The fraction of sp³-hybridized carbons (Fsp3) is 0.500. The lowest BCUT2D eigenvalue weighted by Gasteiger charge is -2.16. The number of hydrogen-bond donors (Lipinski definition) is 1. The molecular weight excluding hydrogens is 236 g/mol. The van der Waals surface area contributed by atoms with E-state index in [0.717, 1.165) is 13.1 Å². The smallest absolute Gasteiger partial charge is 0.180 e. The maximum Gasteiger partial charge on any atom is 0.180 e. The molecule has 0 amide bonds. The molecule has 0 atom stereocenters. The molecule has 0 saturated carbocycles. The van der Waals surface area contributed by atoms with Crippen LogP contribution in [0.2, 0.25) is 5.15 Å². The Morgan fingerprint density at radius 3 is 2.67 bits per heavy atom. The minimum absolute atomic E-state index is 0.314. The number of rotatable bonds is 1. The van der Waals surface area contributed by atoms with Crippen molar-refractivity contribution >= 4 is 27.1 Å². The third-order valence-electron chi connectivity index (χ3n) is 2.06. The summed E-state index contributed by atoms with van der Waals surface area (Å²) in [6, 6.07) is 0. The van der Waals surface area contributed by atoms with Crippen LogP contribution in [0.15, 0.2) is 16.8 Å². The number of halogens is 1. The van der Waals surface area contributed by atoms with E-state index in [1.807, 2.05) is 0 Å². The average Bonchev–Trinajstić information content (AvgIpc) is 2.22. The summed E-state index contributed by atoms with van der Waals surface area (Å²) < 4.78 is 16.3. The fourth-order valence-corrected chi connectivity index (χ4v) is 3.15. The Kier molecular flexibility index (Phi) is 3.18. The van der Waals surface area contributed by atoms with Gasteiger partial charge in [0.25, 0.3) is 0 Å². The molecule has 5 nitrogen and oxygen atoms in total. The molecule has 1 N–H and O–H groups in total. The topological polar surface area (TPSA) is 67.2 Å². The first-order valence-corrected chi connectivity index (χ1v) is 6.82. The maximum atomic E-state index is 12.2. The Labute approximate surface area is 93.5 Å². The van der Waals surface area contributed by atoms with Crippen LogP contribution in [-0.2, 0) is 9.73 Å². The molecule has 2 heterocycles. The Morgan fingerprint density at radius 2 is 2.07 bits per heavy atom. The van der Waals surface area contributed by atoms with Crippen LogP contribution in [-0.4, -0.2) is 38.8 Å². The van der Waals surface area contributed by atoms with E-state index in [1.165, 1.54) is 12.4 Å². The molecule has 82 valence electrons. The molecule has 1 aliphatic heterocycles. The lowest BCUT2D eigenvalue weighted by molar-refractivity contribution is 0.652. The third kappa shape index (κ3) is 2.87. The van der Waals surface area contributed by atoms with Crippen LogP contribution >= 0.6 is 11.6 Å². The van der Waals surface area contributed by atoms with Crippen molar-refractivity contribution in [2.75, 3.05) is 24.6 Å². The lowest BCUT2D eigenvalue weighted by Crippen LogP contribution is -2.35. The summed E-state index contributed by atoms with van der Waals surface area (Å²) in [4.78, 5) is 7.80. The van der Waals surface area contributed by atoms with Crippen molar-refractivity contribution in [3.8, 4) is 0 Å². The summed E-state index contributed by atoms with van der Waals surface area (Å²) in [5.41, 5.74) is 0. The normalized spacial score (nSPS) is 19.8. The van der Waals surface area contributed by atoms with Gasteiger partial charge in [-0.1, -0.05) is 11.6 Å². The number of nitrogens with zero attached hydrogens (tertiary/aromatic N) is 3. The van der Waals surface area contributed by atoms with Gasteiger partial charge < -0.3 is 5.32 Å². The zero-order valence-corrected chi connectivity index (χ0v) is 9.59. The van der Waals surface area contributed by atoms with E-state index in [1.54, 1.807) is 0 Å². The number of aromatic nitrogens is 2. The Balaban J connectivity index is 2.28. The molecular formula is C8H11ClN4OS. The summed E-state index contributed by atoms with van der Waals surface area (Å²) in [5, 5.41) is 3.45. The van der Waals surface area contributed by atoms with E-state index in [0.29, 0.717) is 22.5 Å². The van der Waals surface area contributed by atoms with Crippen LogP contribution in [0.5, 0.6) is 0 Å². The molecule has 1 saturated heterocycles. The van der Waals surface area contributed by atoms with Gasteiger partial charge in [-0.15, -0.1) is 0 Å². The van der Waals surface area contributed by atoms with Crippen LogP contribution in [0.25, 0.3) is 0 Å². The molecule has 1 aromatic rings. The summed E-state index contributed by atoms with van der Waals surface area (Å²) in [7, 11) is -2.14. The van der Waals surface area contributed by atoms with Crippen LogP contribution in [0.3, 0.4) is 0 Å². The van der Waals surface area contributed by atoms with Crippen molar-refractivity contribution in [3.05, 3.63) is 17.5 Å². The van der Waals surface area contributed by atoms with Gasteiger partial charge in [0.2, 0.25) is 0 Å². The van der Waals surface area contributed by atoms with Crippen LogP contribution in [0, 0.1) is 0 Å². The standard InChI is InChI=1S/C8H11ClN4OS/c9-7-5-12-8(6-11-7)13-15(14)3-1-10-2-4-15/h5-6,10H,1-4H2. The van der Waals surface area contributed by atoms with Crippen molar-refractivity contribution in [2.24, 2.45) is 4.36 Å². The van der Waals surface area contributed by atoms with Gasteiger partial charge in [0.15, 0.2) is 5.82 Å². The first-order chi connectivity index (χ1) is 7.18. The Bertz CT molecular complexity index is 440. The molecule has 0 radical (unpaired) electrons. The molecule has 1 aliphatic rings. The molecule has 2 rings (SSSR count). The molecule has 7 heteroatoms. The molecule has 0 bridgehead atoms. The fourth-order valence-electron chi connectivity index (χ4n) is 1.30. The van der Waals surface area contributed by atoms with E-state index in [9.17, 15) is 4.21 Å². The number of nitrogens with one attached hydrogen (secondary N) is 1. The van der Waals surface area contributed by atoms with Gasteiger partial charge in [-0.2, -0.15) is 4.36 Å². The van der Waals surface area contributed by atoms with E-state index < -0.39 is 9.73 Å². The first kappa shape index (κ1) is 10.8. The molecule has 0 aliphatic carbocycles. The highest BCUT2D eigenvalue weighted by Gasteiger charge is 2.14. The molecule has 0 spiro atoms. The van der Waals surface area contributed by atoms with E-state index >= 15 is 0 Å². The van der Waals surface area contributed by atoms with Gasteiger partial charge in [-0.3, -0.25) is 0 Å². The highest BCUT2D eigenvalue weighted by atomic mass is 35.5. The molecule has 0 unspecified atom stereocenters. The van der Waals surface area contributed by atoms with E-state index in [4.69, 9.17) is 11.6 Å². The monoisotopic (exact) mass is 246 g/mol. The van der Waals surface area contributed by atoms with Crippen molar-refractivity contribution in [1.29, 1.82) is 0 Å². The van der Waals surface area contributed by atoms with Crippen molar-refractivity contribution in [3.63, 3.8) is 0 Å². The van der Waals surface area contributed by atoms with Crippen LogP contribution < -0.4 is 5.32 Å². The Morgan fingerprint density at radius 1 is 1.33 bits per heavy atom. The second-order valence-corrected chi connectivity index (χ2v) is 6.15. The van der Waals surface area contributed by atoms with E-state index in [2.05, 4.69) is 19.6 Å². The molecule has 1 fully saturated rings. The van der Waals surface area contributed by atoms with Crippen LogP contribution in [0.4, 0.5) is 5.82 Å². The lowest BCUT2D eigenvalue weighted by atomic mass is 10.6. The summed E-state index contributed by atoms with van der Waals surface area (Å²) in [6.45, 7) is 1.48. The minimum atomic E-state index is -2.14. The van der Waals surface area contributed by atoms with Crippen molar-refractivity contribution in [1.82, 2.24) is 15.3 Å². The highest BCUT2D eigenvalue weighted by molar-refractivity contribution is 7.93. The zero-order valence-electron chi connectivity index (χ0n) is 8.02. The van der Waals surface area contributed by atoms with Gasteiger partial charge in [0, 0.05) is 24.6 Å². The van der Waals surface area contributed by atoms with Crippen molar-refractivity contribution in [2.45, 2.75) is 0 Å². The number of hydrogen-bond acceptors (Lipinski definition) is 5. The van der Waals surface area contributed by atoms with Crippen molar-refractivity contribution < 1.29 is 4.21 Å². The largest absolute Gasteiger partial charge is 0.315 e. The molecule has 15 heavy (non-hydrogen) atoms. The average molecular weight is 247 g/mol. The SMILES string of the molecule is O=S1(=Nc2cnc(Cl)cn2)CCNCC1. The van der Waals surface area contributed by atoms with E-state index in [-0.39, 0.29) is 0 Å². The van der Waals surface area contributed by atoms with Gasteiger partial charge in [-0.25, -0.2) is 14.2 Å². The third-order valence-corrected chi connectivity index (χ3v) is 4.46. The van der Waals surface area contributed by atoms with Gasteiger partial charge >= 0.3 is 0 Å². The van der Waals surface area contributed by atoms with Gasteiger partial charge in [-0.05, 0) is 0 Å². The van der Waals surface area contributed by atoms with Gasteiger partial charge in [0.05, 0.1) is 22.1 Å². The molecule has 0 aromatic carbocycles. The second-order valence-electron chi connectivity index (χ2n) is 3.22. The predicted molar refractivity (Wildman–Crippen MR) is 59.9 cm³/mol. The second kappa shape index (κ2) is 4.42. The highest BCUT2D eigenvalue weighted by Crippen LogP contribution is 2.13. The summed E-state index contributed by atoms with van der Waals surface area (Å²) in [6.07, 6.45) is 2.85. The summed E-state index contributed by atoms with van der Waals surface area (Å²) >= 11 is 5.59. The predicted octanol–water partition coefficient (Wildman–Crippen LogP) is 0.833. The maximum absolute atomic E-state index is 12.2. The summed E-state index contributed by atoms with van der Waals surface area (Å²) in [5.74, 6) is 1.53. The quantitative estimate of drug-likeness (QED) is 0.797.